The van der Waals surface area contributed by atoms with Crippen molar-refractivity contribution >= 4 is 121 Å². The summed E-state index contributed by atoms with van der Waals surface area (Å²) in [5.74, 6) is 0. The molecule has 16 aromatic rings. The van der Waals surface area contributed by atoms with Gasteiger partial charge in [0.25, 0.3) is 0 Å². The molecule has 4 heteroatoms. The predicted molar refractivity (Wildman–Crippen MR) is 339 cm³/mol. The van der Waals surface area contributed by atoms with E-state index in [1.54, 1.807) is 0 Å². The highest BCUT2D eigenvalue weighted by molar-refractivity contribution is 6.27. The molecule has 0 saturated heterocycles. The molecule has 0 saturated carbocycles. The molecule has 17 rings (SSSR count). The standard InChI is InChI=1S/C76H48N4/c1-3-25-53(26-4-1)79-71-43-41-70-74(64-38-16-18-40-68(64)78(70)56-30-20-24-50(46-56)66-48-52-22-8-10-32-58(52)60-34-12-14-36-62(60)66)76(71)80(54-27-5-2-6-28-54)72-44-42-69-73(75(72)79)63-37-15-17-39-67(63)77(69)55-29-19-23-49(45-55)65-47-51-21-7-9-31-57(51)59-33-11-13-35-61(59)65/h1-48H. The average Bonchev–Trinajstić information content (AvgIpc) is 4.24. The molecule has 0 N–H and O–H groups in total. The number of benzene rings is 14. The van der Waals surface area contributed by atoms with Crippen LogP contribution < -0.4 is 9.80 Å². The second kappa shape index (κ2) is 17.4. The Balaban J connectivity index is 0.918. The fourth-order valence-electron chi connectivity index (χ4n) is 13.6. The van der Waals surface area contributed by atoms with E-state index >= 15 is 0 Å². The van der Waals surface area contributed by atoms with E-state index in [1.165, 1.54) is 86.9 Å². The van der Waals surface area contributed by atoms with Gasteiger partial charge in [-0.3, -0.25) is 0 Å². The van der Waals surface area contributed by atoms with Crippen molar-refractivity contribution in [3.8, 4) is 33.6 Å². The van der Waals surface area contributed by atoms with Crippen molar-refractivity contribution in [3.63, 3.8) is 0 Å². The van der Waals surface area contributed by atoms with Gasteiger partial charge in [-0.05, 0) is 162 Å². The Bertz CT molecular complexity index is 4880. The van der Waals surface area contributed by atoms with E-state index in [1.807, 2.05) is 0 Å². The lowest BCUT2D eigenvalue weighted by Gasteiger charge is -2.41. The summed E-state index contributed by atoms with van der Waals surface area (Å²) in [6, 6.07) is 108. The quantitative estimate of drug-likeness (QED) is 0.154. The molecule has 0 radical (unpaired) electrons. The first-order valence-electron chi connectivity index (χ1n) is 27.6. The topological polar surface area (TPSA) is 16.3 Å². The largest absolute Gasteiger partial charge is 0.309 e. The molecule has 0 bridgehead atoms. The summed E-state index contributed by atoms with van der Waals surface area (Å²) < 4.78 is 4.96. The third-order valence-corrected chi connectivity index (χ3v) is 16.9. The first-order valence-corrected chi connectivity index (χ1v) is 27.6. The normalized spacial score (nSPS) is 12.4. The smallest absolute Gasteiger partial charge is 0.0804 e. The molecule has 80 heavy (non-hydrogen) atoms. The van der Waals surface area contributed by atoms with Crippen LogP contribution in [-0.4, -0.2) is 9.13 Å². The minimum Gasteiger partial charge on any atom is -0.309 e. The van der Waals surface area contributed by atoms with Crippen LogP contribution in [0.3, 0.4) is 0 Å². The number of nitrogens with zero attached hydrogens (tertiary/aromatic N) is 4. The molecule has 3 heterocycles. The van der Waals surface area contributed by atoms with Gasteiger partial charge in [-0.25, -0.2) is 0 Å². The third kappa shape index (κ3) is 6.51. The van der Waals surface area contributed by atoms with Gasteiger partial charge in [0, 0.05) is 44.3 Å². The van der Waals surface area contributed by atoms with Crippen LogP contribution in [0.2, 0.25) is 0 Å². The van der Waals surface area contributed by atoms with Gasteiger partial charge in [-0.15, -0.1) is 0 Å². The predicted octanol–water partition coefficient (Wildman–Crippen LogP) is 21.1. The number of anilines is 6. The Labute approximate surface area is 462 Å². The molecule has 372 valence electrons. The van der Waals surface area contributed by atoms with Gasteiger partial charge in [0.05, 0.1) is 44.8 Å². The summed E-state index contributed by atoms with van der Waals surface area (Å²) in [4.78, 5) is 5.08. The van der Waals surface area contributed by atoms with E-state index in [-0.39, 0.29) is 0 Å². The maximum Gasteiger partial charge on any atom is 0.0804 e. The maximum absolute atomic E-state index is 2.54. The fourth-order valence-corrected chi connectivity index (χ4v) is 13.6. The Kier molecular flexibility index (Phi) is 9.68. The van der Waals surface area contributed by atoms with E-state index in [9.17, 15) is 0 Å². The summed E-state index contributed by atoms with van der Waals surface area (Å²) in [5.41, 5.74) is 18.3. The lowest BCUT2D eigenvalue weighted by atomic mass is 9.93. The monoisotopic (exact) mass is 1020 g/mol. The van der Waals surface area contributed by atoms with Crippen LogP contribution in [0.25, 0.3) is 120 Å². The van der Waals surface area contributed by atoms with Crippen molar-refractivity contribution in [1.82, 2.24) is 9.13 Å². The highest BCUT2D eigenvalue weighted by Crippen LogP contribution is 2.60. The van der Waals surface area contributed by atoms with Crippen molar-refractivity contribution < 1.29 is 0 Å². The summed E-state index contributed by atoms with van der Waals surface area (Å²) in [7, 11) is 0. The number of rotatable bonds is 6. The summed E-state index contributed by atoms with van der Waals surface area (Å²) in [6.07, 6.45) is 0. The Morgan fingerprint density at radius 2 is 0.562 bits per heavy atom. The Morgan fingerprint density at radius 1 is 0.212 bits per heavy atom. The highest BCUT2D eigenvalue weighted by atomic mass is 15.3. The van der Waals surface area contributed by atoms with Crippen molar-refractivity contribution in [1.29, 1.82) is 0 Å². The van der Waals surface area contributed by atoms with Crippen LogP contribution in [0.1, 0.15) is 0 Å². The van der Waals surface area contributed by atoms with Gasteiger partial charge in [-0.2, -0.15) is 0 Å². The van der Waals surface area contributed by atoms with Crippen LogP contribution in [0, 0.1) is 0 Å². The zero-order valence-corrected chi connectivity index (χ0v) is 43.5. The van der Waals surface area contributed by atoms with Crippen LogP contribution >= 0.6 is 0 Å². The minimum atomic E-state index is 1.09. The Hall–Kier alpha value is -10.7. The van der Waals surface area contributed by atoms with Gasteiger partial charge < -0.3 is 18.9 Å². The second-order valence-corrected chi connectivity index (χ2v) is 21.2. The third-order valence-electron chi connectivity index (χ3n) is 16.9. The SMILES string of the molecule is c1ccc(N2c3ccc4c(c3N(c3ccccc3)c3ccc5c(c32)c2ccccc2n5-c2cccc(-c3cc5ccccc5c5ccccc35)c2)c2ccccc2n4-c2cccc(-c3cc4ccccc4c4ccccc34)c2)cc1. The first kappa shape index (κ1) is 44.4. The molecule has 0 unspecified atom stereocenters. The zero-order chi connectivity index (χ0) is 52.4. The first-order chi connectivity index (χ1) is 39.7. The molecule has 2 aromatic heterocycles. The van der Waals surface area contributed by atoms with E-state index < -0.39 is 0 Å². The minimum absolute atomic E-state index is 1.09. The van der Waals surface area contributed by atoms with Gasteiger partial charge in [0.1, 0.15) is 0 Å². The second-order valence-electron chi connectivity index (χ2n) is 21.2. The van der Waals surface area contributed by atoms with Gasteiger partial charge in [0.15, 0.2) is 0 Å². The molecule has 0 spiro atoms. The van der Waals surface area contributed by atoms with E-state index in [0.717, 1.165) is 67.6 Å². The number of para-hydroxylation sites is 4. The molecule has 0 fully saturated rings. The Morgan fingerprint density at radius 3 is 1.00 bits per heavy atom. The molecule has 1 aliphatic rings. The summed E-state index contributed by atoms with van der Waals surface area (Å²) in [6.45, 7) is 0. The molecule has 14 aromatic carbocycles. The van der Waals surface area contributed by atoms with Crippen molar-refractivity contribution in [3.05, 3.63) is 291 Å². The van der Waals surface area contributed by atoms with Gasteiger partial charge in [0.2, 0.25) is 0 Å². The molecule has 1 aliphatic heterocycles. The van der Waals surface area contributed by atoms with Gasteiger partial charge >= 0.3 is 0 Å². The lowest BCUT2D eigenvalue weighted by Crippen LogP contribution is -2.24. The van der Waals surface area contributed by atoms with Crippen molar-refractivity contribution in [2.75, 3.05) is 9.80 Å². The fraction of sp³-hybridized carbons (Fsp3) is 0. The molecule has 0 amide bonds. The number of fused-ring (bicyclic) bond motifs is 16. The maximum atomic E-state index is 2.54. The van der Waals surface area contributed by atoms with Crippen molar-refractivity contribution in [2.24, 2.45) is 0 Å². The molecular weight excluding hydrogens is 969 g/mol. The molecular formula is C76H48N4. The molecule has 0 aliphatic carbocycles. The zero-order valence-electron chi connectivity index (χ0n) is 43.5. The average molecular weight is 1020 g/mol. The summed E-state index contributed by atoms with van der Waals surface area (Å²) in [5, 5.41) is 14.8. The van der Waals surface area contributed by atoms with E-state index in [0.29, 0.717) is 0 Å². The van der Waals surface area contributed by atoms with Crippen molar-refractivity contribution in [2.45, 2.75) is 0 Å². The number of hydrogen-bond acceptors (Lipinski definition) is 2. The molecule has 0 atom stereocenters. The van der Waals surface area contributed by atoms with Crippen LogP contribution in [-0.2, 0) is 0 Å². The number of hydrogen-bond donors (Lipinski definition) is 0. The van der Waals surface area contributed by atoms with Crippen LogP contribution in [0.15, 0.2) is 291 Å². The van der Waals surface area contributed by atoms with E-state index in [2.05, 4.69) is 310 Å². The molecule has 4 nitrogen and oxygen atoms in total. The van der Waals surface area contributed by atoms with Crippen LogP contribution in [0.4, 0.5) is 34.1 Å². The summed E-state index contributed by atoms with van der Waals surface area (Å²) >= 11 is 0. The number of aromatic nitrogens is 2. The van der Waals surface area contributed by atoms with Gasteiger partial charge in [-0.1, -0.05) is 194 Å². The lowest BCUT2D eigenvalue weighted by molar-refractivity contribution is 1.16. The van der Waals surface area contributed by atoms with E-state index in [4.69, 9.17) is 0 Å². The van der Waals surface area contributed by atoms with Crippen LogP contribution in [0.5, 0.6) is 0 Å². The highest BCUT2D eigenvalue weighted by Gasteiger charge is 2.36.